The molecule has 0 aliphatic carbocycles. The number of hydrogen-bond acceptors (Lipinski definition) is 4. The minimum atomic E-state index is 1.02. The van der Waals surface area contributed by atoms with Crippen molar-refractivity contribution in [3.63, 3.8) is 0 Å². The van der Waals surface area contributed by atoms with Gasteiger partial charge in [-0.15, -0.1) is 0 Å². The first-order valence-corrected chi connectivity index (χ1v) is 12.3. The second-order valence-electron chi connectivity index (χ2n) is 8.64. The molecule has 0 fully saturated rings. The fraction of sp³-hybridized carbons (Fsp3) is 0.760. The summed E-state index contributed by atoms with van der Waals surface area (Å²) in [6, 6.07) is 9.03. The zero-order valence-electron chi connectivity index (χ0n) is 19.7. The molecule has 166 valence electrons. The Kier molecular flexibility index (Phi) is 11.5. The van der Waals surface area contributed by atoms with Crippen LogP contribution in [0, 0.1) is 0 Å². The average Bonchev–Trinajstić information content (AvgIpc) is 3.09. The normalized spacial score (nSPS) is 13.7. The Morgan fingerprint density at radius 3 is 1.28 bits per heavy atom. The van der Waals surface area contributed by atoms with Crippen LogP contribution in [-0.2, 0) is 0 Å². The number of benzene rings is 1. The molecular weight excluding hydrogens is 356 g/mol. The van der Waals surface area contributed by atoms with Gasteiger partial charge in [-0.2, -0.15) is 0 Å². The Morgan fingerprint density at radius 2 is 0.966 bits per heavy atom. The highest BCUT2D eigenvalue weighted by atomic mass is 15.5. The molecule has 1 heterocycles. The summed E-state index contributed by atoms with van der Waals surface area (Å²) in [6.45, 7) is 17.2. The Labute approximate surface area is 180 Å². The van der Waals surface area contributed by atoms with Gasteiger partial charge in [-0.05, 0) is 64.0 Å². The molecule has 1 aliphatic rings. The van der Waals surface area contributed by atoms with E-state index in [2.05, 4.69) is 71.6 Å². The molecule has 1 aromatic rings. The average molecular weight is 403 g/mol. The Hall–Kier alpha value is -1.26. The molecule has 4 heteroatoms. The SMILES string of the molecule is CCCCN(CCCC)CN1CN(CN(CCCC)CCCC)c2ccccc21. The number of anilines is 2. The van der Waals surface area contributed by atoms with Gasteiger partial charge in [0.05, 0.1) is 31.4 Å². The van der Waals surface area contributed by atoms with Gasteiger partial charge in [0.25, 0.3) is 0 Å². The number of rotatable bonds is 16. The summed E-state index contributed by atoms with van der Waals surface area (Å²) >= 11 is 0. The van der Waals surface area contributed by atoms with E-state index < -0.39 is 0 Å². The molecule has 4 nitrogen and oxygen atoms in total. The van der Waals surface area contributed by atoms with Crippen molar-refractivity contribution in [3.8, 4) is 0 Å². The zero-order valence-corrected chi connectivity index (χ0v) is 19.7. The maximum atomic E-state index is 2.67. The highest BCUT2D eigenvalue weighted by Gasteiger charge is 2.27. The highest BCUT2D eigenvalue weighted by Crippen LogP contribution is 2.35. The third-order valence-corrected chi connectivity index (χ3v) is 5.96. The van der Waals surface area contributed by atoms with Crippen molar-refractivity contribution in [1.82, 2.24) is 9.80 Å². The van der Waals surface area contributed by atoms with Crippen LogP contribution in [0.1, 0.15) is 79.1 Å². The van der Waals surface area contributed by atoms with Gasteiger partial charge in [-0.25, -0.2) is 0 Å². The lowest BCUT2D eigenvalue weighted by molar-refractivity contribution is 0.253. The van der Waals surface area contributed by atoms with Gasteiger partial charge >= 0.3 is 0 Å². The van der Waals surface area contributed by atoms with E-state index in [1.807, 2.05) is 0 Å². The standard InChI is InChI=1S/C25H46N4/c1-5-9-17-26(18-10-6-2)21-28-23-29(25-16-14-13-15-24(25)28)22-27(19-11-7-3)20-12-8-4/h13-16H,5-12,17-23H2,1-4H3. The molecule has 0 unspecified atom stereocenters. The summed E-state index contributed by atoms with van der Waals surface area (Å²) in [7, 11) is 0. The second kappa shape index (κ2) is 13.9. The van der Waals surface area contributed by atoms with Crippen molar-refractivity contribution in [2.75, 3.05) is 56.0 Å². The predicted molar refractivity (Wildman–Crippen MR) is 129 cm³/mol. The number of hydrogen-bond donors (Lipinski definition) is 0. The monoisotopic (exact) mass is 402 g/mol. The van der Waals surface area contributed by atoms with E-state index in [-0.39, 0.29) is 0 Å². The van der Waals surface area contributed by atoms with Crippen LogP contribution in [0.3, 0.4) is 0 Å². The fourth-order valence-corrected chi connectivity index (χ4v) is 4.12. The van der Waals surface area contributed by atoms with Crippen LogP contribution >= 0.6 is 0 Å². The number of unbranched alkanes of at least 4 members (excludes halogenated alkanes) is 4. The van der Waals surface area contributed by atoms with Crippen LogP contribution in [0.2, 0.25) is 0 Å². The Morgan fingerprint density at radius 1 is 0.621 bits per heavy atom. The summed E-state index contributed by atoms with van der Waals surface area (Å²) in [5.41, 5.74) is 2.83. The molecule has 0 radical (unpaired) electrons. The summed E-state index contributed by atoms with van der Waals surface area (Å²) < 4.78 is 0. The first kappa shape index (κ1) is 24.0. The van der Waals surface area contributed by atoms with E-state index in [1.54, 1.807) is 0 Å². The Balaban J connectivity index is 2.06. The van der Waals surface area contributed by atoms with Crippen LogP contribution in [-0.4, -0.2) is 56.0 Å². The highest BCUT2D eigenvalue weighted by molar-refractivity contribution is 5.76. The molecule has 0 atom stereocenters. The lowest BCUT2D eigenvalue weighted by Crippen LogP contribution is -2.44. The van der Waals surface area contributed by atoms with E-state index in [4.69, 9.17) is 0 Å². The summed E-state index contributed by atoms with van der Waals surface area (Å²) in [6.07, 6.45) is 10.3. The van der Waals surface area contributed by atoms with Crippen LogP contribution in [0.25, 0.3) is 0 Å². The van der Waals surface area contributed by atoms with Crippen molar-refractivity contribution in [2.45, 2.75) is 79.1 Å². The lowest BCUT2D eigenvalue weighted by Gasteiger charge is -2.32. The second-order valence-corrected chi connectivity index (χ2v) is 8.64. The van der Waals surface area contributed by atoms with E-state index >= 15 is 0 Å². The van der Waals surface area contributed by atoms with E-state index in [1.165, 1.54) is 88.9 Å². The van der Waals surface area contributed by atoms with Crippen LogP contribution < -0.4 is 9.80 Å². The van der Waals surface area contributed by atoms with Gasteiger partial charge in [0.15, 0.2) is 0 Å². The molecule has 0 saturated heterocycles. The smallest absolute Gasteiger partial charge is 0.0929 e. The zero-order chi connectivity index (χ0) is 20.9. The van der Waals surface area contributed by atoms with Crippen molar-refractivity contribution in [3.05, 3.63) is 24.3 Å². The number of fused-ring (bicyclic) bond motifs is 1. The first-order chi connectivity index (χ1) is 14.2. The maximum absolute atomic E-state index is 2.67. The third-order valence-electron chi connectivity index (χ3n) is 5.96. The predicted octanol–water partition coefficient (Wildman–Crippen LogP) is 5.99. The molecular formula is C25H46N4. The van der Waals surface area contributed by atoms with Gasteiger partial charge in [0, 0.05) is 0 Å². The van der Waals surface area contributed by atoms with Gasteiger partial charge < -0.3 is 9.80 Å². The summed E-state index contributed by atoms with van der Waals surface area (Å²) in [5, 5.41) is 0. The van der Waals surface area contributed by atoms with E-state index in [0.29, 0.717) is 0 Å². The lowest BCUT2D eigenvalue weighted by atomic mass is 10.2. The van der Waals surface area contributed by atoms with Crippen LogP contribution in [0.15, 0.2) is 24.3 Å². The van der Waals surface area contributed by atoms with Crippen molar-refractivity contribution in [1.29, 1.82) is 0 Å². The molecule has 0 spiro atoms. The minimum Gasteiger partial charge on any atom is -0.339 e. The van der Waals surface area contributed by atoms with Gasteiger partial charge in [-0.3, -0.25) is 9.80 Å². The van der Waals surface area contributed by atoms with Crippen molar-refractivity contribution in [2.24, 2.45) is 0 Å². The molecule has 0 amide bonds. The molecule has 0 saturated carbocycles. The van der Waals surface area contributed by atoms with Crippen molar-refractivity contribution < 1.29 is 0 Å². The van der Waals surface area contributed by atoms with E-state index in [0.717, 1.165) is 20.0 Å². The maximum Gasteiger partial charge on any atom is 0.0929 e. The largest absolute Gasteiger partial charge is 0.339 e. The van der Waals surface area contributed by atoms with E-state index in [9.17, 15) is 0 Å². The molecule has 0 aromatic heterocycles. The number of para-hydroxylation sites is 2. The topological polar surface area (TPSA) is 13.0 Å². The minimum absolute atomic E-state index is 1.02. The molecule has 2 rings (SSSR count). The van der Waals surface area contributed by atoms with Gasteiger partial charge in [0.1, 0.15) is 0 Å². The third kappa shape index (κ3) is 7.82. The van der Waals surface area contributed by atoms with Gasteiger partial charge in [0.2, 0.25) is 0 Å². The number of nitrogens with zero attached hydrogens (tertiary/aromatic N) is 4. The fourth-order valence-electron chi connectivity index (χ4n) is 4.12. The summed E-state index contributed by atoms with van der Waals surface area (Å²) in [5.74, 6) is 0. The van der Waals surface area contributed by atoms with Crippen LogP contribution in [0.4, 0.5) is 11.4 Å². The molecule has 1 aromatic carbocycles. The summed E-state index contributed by atoms with van der Waals surface area (Å²) in [4.78, 5) is 10.5. The molecule has 0 N–H and O–H groups in total. The molecule has 1 aliphatic heterocycles. The molecule has 0 bridgehead atoms. The van der Waals surface area contributed by atoms with Crippen molar-refractivity contribution >= 4 is 11.4 Å². The van der Waals surface area contributed by atoms with Gasteiger partial charge in [-0.1, -0.05) is 65.5 Å². The Bertz CT molecular complexity index is 484. The first-order valence-electron chi connectivity index (χ1n) is 12.3. The van der Waals surface area contributed by atoms with Crippen LogP contribution in [0.5, 0.6) is 0 Å². The molecule has 29 heavy (non-hydrogen) atoms. The quantitative estimate of drug-likeness (QED) is 0.337.